The molecule has 1 atom stereocenters. The summed E-state index contributed by atoms with van der Waals surface area (Å²) in [5.41, 5.74) is -1.08. The number of nitrogens with one attached hydrogen (secondary N) is 2. The molecule has 0 spiro atoms. The smallest absolute Gasteiger partial charge is 0.315 e. The normalized spacial score (nSPS) is 27.7. The second-order valence-electron chi connectivity index (χ2n) is 3.52. The van der Waals surface area contributed by atoms with Gasteiger partial charge in [-0.1, -0.05) is 0 Å². The minimum absolute atomic E-state index is 0.122. The highest BCUT2D eigenvalue weighted by atomic mass is 19.3. The van der Waals surface area contributed by atoms with Crippen LogP contribution in [0.4, 0.5) is 8.78 Å². The van der Waals surface area contributed by atoms with Gasteiger partial charge in [0, 0.05) is 13.1 Å². The predicted molar refractivity (Wildman–Crippen MR) is 46.1 cm³/mol. The Morgan fingerprint density at radius 1 is 1.64 bits per heavy atom. The fraction of sp³-hybridized carbons (Fsp3) is 0.875. The lowest BCUT2D eigenvalue weighted by molar-refractivity contribution is -0.133. The predicted octanol–water partition coefficient (Wildman–Crippen LogP) is -0.518. The van der Waals surface area contributed by atoms with Crippen LogP contribution in [0.3, 0.4) is 0 Å². The van der Waals surface area contributed by atoms with E-state index in [0.29, 0.717) is 13.0 Å². The molecule has 6 heteroatoms. The second kappa shape index (κ2) is 4.65. The van der Waals surface area contributed by atoms with Crippen LogP contribution < -0.4 is 10.6 Å². The lowest BCUT2D eigenvalue weighted by Gasteiger charge is -2.32. The monoisotopic (exact) mass is 208 g/mol. The molecule has 1 aliphatic rings. The van der Waals surface area contributed by atoms with E-state index in [1.807, 2.05) is 5.32 Å². The molecule has 4 nitrogen and oxygen atoms in total. The number of hydrogen-bond donors (Lipinski definition) is 3. The summed E-state index contributed by atoms with van der Waals surface area (Å²) in [4.78, 5) is 10.5. The van der Waals surface area contributed by atoms with Crippen molar-refractivity contribution in [3.05, 3.63) is 0 Å². The van der Waals surface area contributed by atoms with E-state index in [1.165, 1.54) is 0 Å². The lowest BCUT2D eigenvalue weighted by Crippen LogP contribution is -2.53. The highest BCUT2D eigenvalue weighted by Crippen LogP contribution is 2.14. The molecule has 0 aromatic rings. The van der Waals surface area contributed by atoms with Crippen LogP contribution in [0.15, 0.2) is 0 Å². The summed E-state index contributed by atoms with van der Waals surface area (Å²) >= 11 is 0. The Bertz CT molecular complexity index is 206. The Labute approximate surface area is 80.7 Å². The summed E-state index contributed by atoms with van der Waals surface area (Å²) in [6, 6.07) is 0. The van der Waals surface area contributed by atoms with Gasteiger partial charge in [-0.2, -0.15) is 8.78 Å². The van der Waals surface area contributed by atoms with Gasteiger partial charge in [0.1, 0.15) is 0 Å². The van der Waals surface area contributed by atoms with Crippen LogP contribution in [-0.4, -0.2) is 42.7 Å². The maximum absolute atomic E-state index is 11.8. The molecule has 0 saturated carbocycles. The molecule has 0 radical (unpaired) electrons. The molecule has 1 heterocycles. The van der Waals surface area contributed by atoms with Crippen LogP contribution in [0.1, 0.15) is 12.8 Å². The Balaban J connectivity index is 2.32. The summed E-state index contributed by atoms with van der Waals surface area (Å²) in [6.45, 7) is 1.02. The van der Waals surface area contributed by atoms with Crippen molar-refractivity contribution in [3.63, 3.8) is 0 Å². The third kappa shape index (κ3) is 3.19. The average Bonchev–Trinajstić information content (AvgIpc) is 2.15. The number of amides is 1. The quantitative estimate of drug-likeness (QED) is 0.585. The first-order valence-corrected chi connectivity index (χ1v) is 4.52. The van der Waals surface area contributed by atoms with Crippen molar-refractivity contribution < 1.29 is 18.7 Å². The minimum atomic E-state index is -3.02. The molecule has 1 saturated heterocycles. The van der Waals surface area contributed by atoms with Gasteiger partial charge in [-0.05, 0) is 19.4 Å². The zero-order chi connectivity index (χ0) is 10.6. The van der Waals surface area contributed by atoms with Gasteiger partial charge >= 0.3 is 6.43 Å². The molecular weight excluding hydrogens is 194 g/mol. The maximum Gasteiger partial charge on any atom is 0.315 e. The molecule has 0 aliphatic carbocycles. The third-order valence-corrected chi connectivity index (χ3v) is 2.24. The van der Waals surface area contributed by atoms with E-state index in [9.17, 15) is 18.7 Å². The number of halogens is 2. The number of carbonyl (C=O) groups is 1. The van der Waals surface area contributed by atoms with E-state index in [4.69, 9.17) is 0 Å². The van der Waals surface area contributed by atoms with Crippen LogP contribution in [0.2, 0.25) is 0 Å². The number of carbonyl (C=O) groups excluding carboxylic acids is 1. The molecule has 1 fully saturated rings. The maximum atomic E-state index is 11.8. The Hall–Kier alpha value is -0.750. The first-order valence-electron chi connectivity index (χ1n) is 4.52. The Kier molecular flexibility index (Phi) is 3.77. The van der Waals surface area contributed by atoms with Crippen LogP contribution in [0.5, 0.6) is 0 Å². The molecule has 3 N–H and O–H groups in total. The fourth-order valence-corrected chi connectivity index (χ4v) is 1.43. The van der Waals surface area contributed by atoms with E-state index in [0.717, 1.165) is 13.0 Å². The van der Waals surface area contributed by atoms with Crippen molar-refractivity contribution in [1.29, 1.82) is 0 Å². The molecule has 0 aromatic carbocycles. The molecule has 1 unspecified atom stereocenters. The second-order valence-corrected chi connectivity index (χ2v) is 3.52. The number of aliphatic hydroxyl groups is 1. The standard InChI is InChI=1S/C8H14F2N2O2/c9-6(10)7(13)12-5-8(14)2-1-3-11-4-8/h6,11,14H,1-5H2,(H,12,13). The number of hydrogen-bond acceptors (Lipinski definition) is 3. The van der Waals surface area contributed by atoms with Crippen molar-refractivity contribution in [3.8, 4) is 0 Å². The van der Waals surface area contributed by atoms with E-state index >= 15 is 0 Å². The molecule has 1 rings (SSSR count). The summed E-state index contributed by atoms with van der Waals surface area (Å²) in [5.74, 6) is -1.33. The first kappa shape index (κ1) is 11.3. The Morgan fingerprint density at radius 3 is 2.86 bits per heavy atom. The van der Waals surface area contributed by atoms with Gasteiger partial charge in [0.05, 0.1) is 5.60 Å². The van der Waals surface area contributed by atoms with Gasteiger partial charge in [-0.3, -0.25) is 4.79 Å². The number of rotatable bonds is 3. The van der Waals surface area contributed by atoms with E-state index in [2.05, 4.69) is 5.32 Å². The van der Waals surface area contributed by atoms with Crippen LogP contribution in [0, 0.1) is 0 Å². The summed E-state index contributed by atoms with van der Waals surface area (Å²) < 4.78 is 23.6. The zero-order valence-corrected chi connectivity index (χ0v) is 7.72. The highest BCUT2D eigenvalue weighted by molar-refractivity contribution is 5.79. The topological polar surface area (TPSA) is 61.4 Å². The van der Waals surface area contributed by atoms with Crippen molar-refractivity contribution in [2.45, 2.75) is 24.9 Å². The van der Waals surface area contributed by atoms with Crippen molar-refractivity contribution in [2.24, 2.45) is 0 Å². The van der Waals surface area contributed by atoms with E-state index < -0.39 is 17.9 Å². The number of β-amino-alcohol motifs (C(OH)–C–C–N with tert-alkyl or cyclic N) is 1. The lowest BCUT2D eigenvalue weighted by atomic mass is 9.94. The first-order chi connectivity index (χ1) is 6.53. The average molecular weight is 208 g/mol. The highest BCUT2D eigenvalue weighted by Gasteiger charge is 2.30. The van der Waals surface area contributed by atoms with E-state index in [1.54, 1.807) is 0 Å². The van der Waals surface area contributed by atoms with Gasteiger partial charge in [0.2, 0.25) is 0 Å². The Morgan fingerprint density at radius 2 is 2.36 bits per heavy atom. The largest absolute Gasteiger partial charge is 0.387 e. The molecule has 1 aliphatic heterocycles. The van der Waals surface area contributed by atoms with E-state index in [-0.39, 0.29) is 6.54 Å². The fourth-order valence-electron chi connectivity index (χ4n) is 1.43. The van der Waals surface area contributed by atoms with Crippen molar-refractivity contribution in [1.82, 2.24) is 10.6 Å². The van der Waals surface area contributed by atoms with Gasteiger partial charge in [0.25, 0.3) is 5.91 Å². The van der Waals surface area contributed by atoms with Crippen LogP contribution >= 0.6 is 0 Å². The van der Waals surface area contributed by atoms with Crippen molar-refractivity contribution >= 4 is 5.91 Å². The van der Waals surface area contributed by atoms with Gasteiger partial charge in [-0.25, -0.2) is 0 Å². The van der Waals surface area contributed by atoms with Gasteiger partial charge in [0.15, 0.2) is 0 Å². The van der Waals surface area contributed by atoms with Crippen LogP contribution in [-0.2, 0) is 4.79 Å². The molecule has 1 amide bonds. The van der Waals surface area contributed by atoms with Crippen molar-refractivity contribution in [2.75, 3.05) is 19.6 Å². The number of piperidine rings is 1. The third-order valence-electron chi connectivity index (χ3n) is 2.24. The van der Waals surface area contributed by atoms with Gasteiger partial charge < -0.3 is 15.7 Å². The summed E-state index contributed by atoms with van der Waals surface area (Å²) in [5, 5.41) is 14.7. The number of alkyl halides is 2. The molecule has 82 valence electrons. The molecule has 0 bridgehead atoms. The minimum Gasteiger partial charge on any atom is -0.387 e. The summed E-state index contributed by atoms with van der Waals surface area (Å²) in [6.07, 6.45) is -1.72. The summed E-state index contributed by atoms with van der Waals surface area (Å²) in [7, 11) is 0. The molecule has 14 heavy (non-hydrogen) atoms. The van der Waals surface area contributed by atoms with Gasteiger partial charge in [-0.15, -0.1) is 0 Å². The molecule has 0 aromatic heterocycles. The van der Waals surface area contributed by atoms with Crippen LogP contribution in [0.25, 0.3) is 0 Å². The SMILES string of the molecule is O=C(NCC1(O)CCCNC1)C(F)F. The zero-order valence-electron chi connectivity index (χ0n) is 7.72. The molecular formula is C8H14F2N2O2.